The molecule has 0 unspecified atom stereocenters. The summed E-state index contributed by atoms with van der Waals surface area (Å²) in [4.78, 5) is 36.4. The lowest BCUT2D eigenvalue weighted by atomic mass is 9.95. The molecule has 7 nitrogen and oxygen atoms in total. The van der Waals surface area contributed by atoms with Gasteiger partial charge in [-0.15, -0.1) is 0 Å². The van der Waals surface area contributed by atoms with Gasteiger partial charge < -0.3 is 0 Å². The van der Waals surface area contributed by atoms with Crippen molar-refractivity contribution in [1.82, 2.24) is 29.5 Å². The standard InChI is InChI=1S/C30H24N6O/c1-19(14-26-29-25(12-7-13-33-29)34-20(2)35-26)27-15-21-8-6-11-24(22-16-31-18-32-17-22)28(21)30(37)36(27)23-9-4-3-5-10-23/h3-13,15-19H,14H2,1-2H3/t19-/m1/s1. The molecule has 37 heavy (non-hydrogen) atoms. The second-order valence-electron chi connectivity index (χ2n) is 9.14. The van der Waals surface area contributed by atoms with Crippen LogP contribution in [0.15, 0.2) is 96.4 Å². The number of hydrogen-bond acceptors (Lipinski definition) is 6. The van der Waals surface area contributed by atoms with Crippen LogP contribution in [0.3, 0.4) is 0 Å². The third-order valence-electron chi connectivity index (χ3n) is 6.60. The second kappa shape index (κ2) is 9.35. The van der Waals surface area contributed by atoms with Crippen molar-refractivity contribution in [2.45, 2.75) is 26.2 Å². The molecule has 0 amide bonds. The Morgan fingerprint density at radius 1 is 0.919 bits per heavy atom. The minimum absolute atomic E-state index is 0.0273. The van der Waals surface area contributed by atoms with E-state index in [1.165, 1.54) is 6.33 Å². The van der Waals surface area contributed by atoms with Crippen LogP contribution in [0, 0.1) is 6.92 Å². The van der Waals surface area contributed by atoms with E-state index in [0.29, 0.717) is 17.6 Å². The normalized spacial score (nSPS) is 12.2. The molecule has 0 aliphatic rings. The SMILES string of the molecule is Cc1nc(C[C@@H](C)c2cc3cccc(-c4cncnc4)c3c(=O)n2-c2ccccc2)c2ncccc2n1. The van der Waals surface area contributed by atoms with E-state index in [4.69, 9.17) is 4.98 Å². The Bertz CT molecular complexity index is 1800. The molecular weight excluding hydrogens is 460 g/mol. The second-order valence-corrected chi connectivity index (χ2v) is 9.14. The first-order valence-corrected chi connectivity index (χ1v) is 12.2. The van der Waals surface area contributed by atoms with Gasteiger partial charge in [0.15, 0.2) is 0 Å². The molecule has 7 heteroatoms. The smallest absolute Gasteiger partial charge is 0.263 e. The maximum Gasteiger partial charge on any atom is 0.263 e. The Morgan fingerprint density at radius 2 is 1.73 bits per heavy atom. The van der Waals surface area contributed by atoms with Crippen molar-refractivity contribution in [1.29, 1.82) is 0 Å². The fourth-order valence-electron chi connectivity index (χ4n) is 4.96. The van der Waals surface area contributed by atoms with E-state index in [-0.39, 0.29) is 11.5 Å². The van der Waals surface area contributed by atoms with Crippen molar-refractivity contribution in [2.75, 3.05) is 0 Å². The Hall–Kier alpha value is -4.78. The van der Waals surface area contributed by atoms with Crippen LogP contribution < -0.4 is 5.56 Å². The van der Waals surface area contributed by atoms with Crippen molar-refractivity contribution in [3.05, 3.63) is 119 Å². The molecule has 0 fully saturated rings. The molecule has 0 bridgehead atoms. The maximum atomic E-state index is 14.3. The van der Waals surface area contributed by atoms with E-state index < -0.39 is 0 Å². The van der Waals surface area contributed by atoms with Gasteiger partial charge in [-0.1, -0.05) is 43.3 Å². The molecule has 0 saturated heterocycles. The molecule has 0 spiro atoms. The zero-order chi connectivity index (χ0) is 25.4. The minimum Gasteiger partial charge on any atom is -0.280 e. The summed E-state index contributed by atoms with van der Waals surface area (Å²) >= 11 is 0. The van der Waals surface area contributed by atoms with E-state index in [1.54, 1.807) is 18.6 Å². The van der Waals surface area contributed by atoms with Gasteiger partial charge in [-0.2, -0.15) is 0 Å². The average Bonchev–Trinajstić information content (AvgIpc) is 2.93. The third kappa shape index (κ3) is 4.14. The molecule has 6 rings (SSSR count). The van der Waals surface area contributed by atoms with Gasteiger partial charge >= 0.3 is 0 Å². The molecule has 0 radical (unpaired) electrons. The van der Waals surface area contributed by atoms with E-state index in [0.717, 1.165) is 44.6 Å². The largest absolute Gasteiger partial charge is 0.280 e. The van der Waals surface area contributed by atoms with Crippen LogP contribution in [0.2, 0.25) is 0 Å². The van der Waals surface area contributed by atoms with Gasteiger partial charge in [0.25, 0.3) is 5.56 Å². The number of nitrogens with zero attached hydrogens (tertiary/aromatic N) is 6. The van der Waals surface area contributed by atoms with Crippen LogP contribution in [0.25, 0.3) is 38.6 Å². The lowest BCUT2D eigenvalue weighted by molar-refractivity contribution is 0.684. The fraction of sp³-hybridized carbons (Fsp3) is 0.133. The highest BCUT2D eigenvalue weighted by atomic mass is 16.1. The molecule has 4 heterocycles. The molecule has 180 valence electrons. The molecular formula is C30H24N6O. The predicted octanol–water partition coefficient (Wildman–Crippen LogP) is 5.44. The number of hydrogen-bond donors (Lipinski definition) is 0. The number of aryl methyl sites for hydroxylation is 1. The van der Waals surface area contributed by atoms with Gasteiger partial charge in [-0.25, -0.2) is 19.9 Å². The number of benzene rings is 2. The van der Waals surface area contributed by atoms with Gasteiger partial charge in [0.05, 0.1) is 16.6 Å². The molecule has 0 N–H and O–H groups in total. The molecule has 0 aliphatic carbocycles. The first kappa shape index (κ1) is 22.7. The van der Waals surface area contributed by atoms with Crippen LogP contribution in [0.1, 0.15) is 30.1 Å². The number of rotatable bonds is 5. The van der Waals surface area contributed by atoms with Gasteiger partial charge in [-0.3, -0.25) is 14.3 Å². The van der Waals surface area contributed by atoms with Crippen molar-refractivity contribution < 1.29 is 0 Å². The van der Waals surface area contributed by atoms with Crippen LogP contribution >= 0.6 is 0 Å². The first-order chi connectivity index (χ1) is 18.1. The summed E-state index contributed by atoms with van der Waals surface area (Å²) in [6.45, 7) is 4.02. The third-order valence-corrected chi connectivity index (χ3v) is 6.60. The van der Waals surface area contributed by atoms with Crippen LogP contribution in [-0.4, -0.2) is 29.5 Å². The molecule has 0 saturated carbocycles. The predicted molar refractivity (Wildman–Crippen MR) is 145 cm³/mol. The van der Waals surface area contributed by atoms with Crippen molar-refractivity contribution in [3.8, 4) is 16.8 Å². The lowest BCUT2D eigenvalue weighted by Crippen LogP contribution is -2.24. The van der Waals surface area contributed by atoms with Crippen LogP contribution in [0.5, 0.6) is 0 Å². The molecule has 2 aromatic carbocycles. The Kier molecular flexibility index (Phi) is 5.73. The van der Waals surface area contributed by atoms with Crippen molar-refractivity contribution >= 4 is 21.8 Å². The highest BCUT2D eigenvalue weighted by molar-refractivity contribution is 5.96. The highest BCUT2D eigenvalue weighted by Gasteiger charge is 2.20. The summed E-state index contributed by atoms with van der Waals surface area (Å²) in [6, 6.07) is 21.6. The van der Waals surface area contributed by atoms with E-state index in [2.05, 4.69) is 32.9 Å². The van der Waals surface area contributed by atoms with Crippen molar-refractivity contribution in [3.63, 3.8) is 0 Å². The summed E-state index contributed by atoms with van der Waals surface area (Å²) in [5.74, 6) is 0.678. The maximum absolute atomic E-state index is 14.3. The van der Waals surface area contributed by atoms with Gasteiger partial charge in [-0.05, 0) is 48.2 Å². The minimum atomic E-state index is -0.0770. The zero-order valence-electron chi connectivity index (χ0n) is 20.5. The molecule has 4 aromatic heterocycles. The van der Waals surface area contributed by atoms with Crippen LogP contribution in [0.4, 0.5) is 0 Å². The summed E-state index contributed by atoms with van der Waals surface area (Å²) in [5.41, 5.74) is 5.76. The van der Waals surface area contributed by atoms with E-state index in [1.807, 2.05) is 72.2 Å². The van der Waals surface area contributed by atoms with Crippen molar-refractivity contribution in [2.24, 2.45) is 0 Å². The number of aromatic nitrogens is 6. The Balaban J connectivity index is 1.57. The quantitative estimate of drug-likeness (QED) is 0.324. The lowest BCUT2D eigenvalue weighted by Gasteiger charge is -2.21. The number of para-hydroxylation sites is 1. The van der Waals surface area contributed by atoms with Gasteiger partial charge in [0, 0.05) is 47.9 Å². The summed E-state index contributed by atoms with van der Waals surface area (Å²) < 4.78 is 1.82. The zero-order valence-corrected chi connectivity index (χ0v) is 20.5. The Morgan fingerprint density at radius 3 is 2.54 bits per heavy atom. The number of fused-ring (bicyclic) bond motifs is 2. The summed E-state index contributed by atoms with van der Waals surface area (Å²) in [6.07, 6.45) is 7.34. The van der Waals surface area contributed by atoms with E-state index in [9.17, 15) is 4.79 Å². The summed E-state index contributed by atoms with van der Waals surface area (Å²) in [7, 11) is 0. The monoisotopic (exact) mass is 484 g/mol. The Labute approximate surface area is 213 Å². The highest BCUT2D eigenvalue weighted by Crippen LogP contribution is 2.30. The van der Waals surface area contributed by atoms with Crippen LogP contribution in [-0.2, 0) is 6.42 Å². The first-order valence-electron chi connectivity index (χ1n) is 12.2. The average molecular weight is 485 g/mol. The summed E-state index contributed by atoms with van der Waals surface area (Å²) in [5, 5.41) is 1.52. The van der Waals surface area contributed by atoms with Gasteiger partial charge in [0.2, 0.25) is 0 Å². The number of pyridine rings is 2. The fourth-order valence-corrected chi connectivity index (χ4v) is 4.96. The van der Waals surface area contributed by atoms with Gasteiger partial charge in [0.1, 0.15) is 17.7 Å². The molecule has 1 atom stereocenters. The van der Waals surface area contributed by atoms with E-state index >= 15 is 0 Å². The molecule has 6 aromatic rings. The molecule has 0 aliphatic heterocycles. The topological polar surface area (TPSA) is 86.5 Å².